The number of imidazole rings is 1. The third-order valence-corrected chi connectivity index (χ3v) is 7.60. The van der Waals surface area contributed by atoms with E-state index < -0.39 is 17.7 Å². The summed E-state index contributed by atoms with van der Waals surface area (Å²) < 4.78 is 10.0. The van der Waals surface area contributed by atoms with Crippen molar-refractivity contribution in [1.82, 2.24) is 24.8 Å². The summed E-state index contributed by atoms with van der Waals surface area (Å²) in [6, 6.07) is 18.1. The molecule has 4 heterocycles. The zero-order chi connectivity index (χ0) is 29.3. The second-order valence-electron chi connectivity index (χ2n) is 9.93. The van der Waals surface area contributed by atoms with E-state index in [9.17, 15) is 14.4 Å². The molecule has 2 aliphatic heterocycles. The largest absolute Gasteiger partial charge is 0.512 e. The van der Waals surface area contributed by atoms with Gasteiger partial charge in [-0.05, 0) is 36.1 Å². The minimum Gasteiger partial charge on any atom is -0.481 e. The van der Waals surface area contributed by atoms with Gasteiger partial charge in [0.25, 0.3) is 5.91 Å². The van der Waals surface area contributed by atoms with Crippen molar-refractivity contribution in [3.05, 3.63) is 78.9 Å². The summed E-state index contributed by atoms with van der Waals surface area (Å²) in [4.78, 5) is 59.5. The van der Waals surface area contributed by atoms with Gasteiger partial charge >= 0.3 is 12.2 Å². The standard InChI is InChI=1S/C29H27N7O6/c1-41-23-11-14-30-26(33-23)36-27(38)35(21-9-7-20(8-10-21)19-5-3-2-4-6-19)25(37)29(36)12-15-34(16-13-29)17-22-24(32-18-31-22)42-28(39)40/h2-11,14,18H,12-13,15-17H2,1H3,(H,31,32)(H,39,40). The average Bonchev–Trinajstić information content (AvgIpc) is 3.52. The molecule has 2 fully saturated rings. The number of nitrogens with zero attached hydrogens (tertiary/aromatic N) is 6. The molecule has 6 rings (SSSR count). The maximum atomic E-state index is 14.2. The van der Waals surface area contributed by atoms with Crippen LogP contribution in [0.15, 0.2) is 73.2 Å². The Hall–Kier alpha value is -5.30. The zero-order valence-electron chi connectivity index (χ0n) is 22.6. The Morgan fingerprint density at radius 3 is 2.40 bits per heavy atom. The monoisotopic (exact) mass is 569 g/mol. The van der Waals surface area contributed by atoms with Crippen LogP contribution in [0.5, 0.6) is 11.8 Å². The number of piperidine rings is 1. The van der Waals surface area contributed by atoms with E-state index in [0.29, 0.717) is 43.9 Å². The van der Waals surface area contributed by atoms with Crippen LogP contribution in [-0.4, -0.2) is 73.8 Å². The number of carbonyl (C=O) groups is 3. The molecule has 0 saturated carbocycles. The van der Waals surface area contributed by atoms with Gasteiger partial charge in [0.05, 0.1) is 24.8 Å². The quantitative estimate of drug-likeness (QED) is 0.247. The predicted octanol–water partition coefficient (Wildman–Crippen LogP) is 3.94. The van der Waals surface area contributed by atoms with Gasteiger partial charge in [-0.2, -0.15) is 4.98 Å². The fourth-order valence-corrected chi connectivity index (χ4v) is 5.50. The van der Waals surface area contributed by atoms with E-state index in [1.807, 2.05) is 47.4 Å². The molecular formula is C29H27N7O6. The number of methoxy groups -OCH3 is 1. The van der Waals surface area contributed by atoms with Gasteiger partial charge in [0, 0.05) is 31.9 Å². The lowest BCUT2D eigenvalue weighted by Crippen LogP contribution is -2.57. The first kappa shape index (κ1) is 26.9. The zero-order valence-corrected chi connectivity index (χ0v) is 22.6. The highest BCUT2D eigenvalue weighted by Gasteiger charge is 2.60. The van der Waals surface area contributed by atoms with E-state index in [1.165, 1.54) is 29.4 Å². The van der Waals surface area contributed by atoms with Crippen molar-refractivity contribution in [3.63, 3.8) is 0 Å². The van der Waals surface area contributed by atoms with Crippen LogP contribution in [0.25, 0.3) is 11.1 Å². The minimum atomic E-state index is -1.46. The van der Waals surface area contributed by atoms with Crippen LogP contribution >= 0.6 is 0 Å². The number of aromatic nitrogens is 4. The number of rotatable bonds is 7. The van der Waals surface area contributed by atoms with Gasteiger partial charge in [-0.25, -0.2) is 29.4 Å². The molecule has 1 spiro atoms. The van der Waals surface area contributed by atoms with Gasteiger partial charge in [0.2, 0.25) is 17.7 Å². The van der Waals surface area contributed by atoms with Crippen molar-refractivity contribution < 1.29 is 29.0 Å². The van der Waals surface area contributed by atoms with Gasteiger partial charge in [0.1, 0.15) is 5.54 Å². The van der Waals surface area contributed by atoms with Crippen molar-refractivity contribution in [2.24, 2.45) is 0 Å². The lowest BCUT2D eigenvalue weighted by Gasteiger charge is -2.41. The maximum absolute atomic E-state index is 14.2. The number of hydrogen-bond acceptors (Lipinski definition) is 9. The molecule has 2 saturated heterocycles. The molecular weight excluding hydrogens is 542 g/mol. The Morgan fingerprint density at radius 1 is 1.00 bits per heavy atom. The second kappa shape index (κ2) is 10.9. The van der Waals surface area contributed by atoms with Crippen LogP contribution in [-0.2, 0) is 11.3 Å². The highest BCUT2D eigenvalue weighted by Crippen LogP contribution is 2.42. The van der Waals surface area contributed by atoms with E-state index in [4.69, 9.17) is 14.6 Å². The molecule has 13 heteroatoms. The number of ether oxygens (including phenoxy) is 2. The van der Waals surface area contributed by atoms with Crippen LogP contribution in [0.3, 0.4) is 0 Å². The number of nitrogens with one attached hydrogen (secondary N) is 1. The molecule has 0 atom stereocenters. The maximum Gasteiger partial charge on any atom is 0.512 e. The highest BCUT2D eigenvalue weighted by molar-refractivity contribution is 6.30. The first-order chi connectivity index (χ1) is 20.4. The molecule has 2 aromatic carbocycles. The van der Waals surface area contributed by atoms with Crippen molar-refractivity contribution in [2.45, 2.75) is 24.9 Å². The molecule has 2 aliphatic rings. The number of imide groups is 1. The van der Waals surface area contributed by atoms with Crippen molar-refractivity contribution in [3.8, 4) is 22.9 Å². The SMILES string of the molecule is COc1ccnc(N2C(=O)N(c3ccc(-c4ccccc4)cc3)C(=O)C23CCN(Cc2[nH]cnc2OC(=O)O)CC3)n1. The summed E-state index contributed by atoms with van der Waals surface area (Å²) in [5, 5.41) is 8.99. The van der Waals surface area contributed by atoms with E-state index in [0.717, 1.165) is 11.1 Å². The normalized spacial score (nSPS) is 16.7. The Balaban J connectivity index is 1.30. The molecule has 0 bridgehead atoms. The second-order valence-corrected chi connectivity index (χ2v) is 9.93. The predicted molar refractivity (Wildman–Crippen MR) is 150 cm³/mol. The molecule has 4 aromatic rings. The fourth-order valence-electron chi connectivity index (χ4n) is 5.50. The Morgan fingerprint density at radius 2 is 1.71 bits per heavy atom. The number of hydrogen-bond donors (Lipinski definition) is 2. The molecule has 2 N–H and O–H groups in total. The summed E-state index contributed by atoms with van der Waals surface area (Å²) in [5.41, 5.74) is 1.69. The number of urea groups is 1. The Bertz CT molecular complexity index is 1620. The molecule has 3 amide bonds. The number of likely N-dealkylation sites (tertiary alicyclic amines) is 1. The molecule has 42 heavy (non-hydrogen) atoms. The smallest absolute Gasteiger partial charge is 0.481 e. The van der Waals surface area contributed by atoms with Gasteiger partial charge < -0.3 is 19.6 Å². The number of carbonyl (C=O) groups excluding carboxylic acids is 2. The van der Waals surface area contributed by atoms with E-state index in [-0.39, 0.29) is 23.6 Å². The number of carboxylic acid groups (broad SMARTS) is 1. The molecule has 13 nitrogen and oxygen atoms in total. The molecule has 0 unspecified atom stereocenters. The average molecular weight is 570 g/mol. The van der Waals surface area contributed by atoms with Gasteiger partial charge in [-0.15, -0.1) is 0 Å². The number of benzene rings is 2. The van der Waals surface area contributed by atoms with Crippen molar-refractivity contribution >= 4 is 29.7 Å². The number of anilines is 2. The van der Waals surface area contributed by atoms with Crippen LogP contribution in [0.4, 0.5) is 21.2 Å². The third kappa shape index (κ3) is 4.79. The van der Waals surface area contributed by atoms with Crippen LogP contribution < -0.4 is 19.3 Å². The van der Waals surface area contributed by atoms with Crippen molar-refractivity contribution in [1.29, 1.82) is 0 Å². The van der Waals surface area contributed by atoms with Gasteiger partial charge in [0.15, 0.2) is 0 Å². The topological polar surface area (TPSA) is 154 Å². The lowest BCUT2D eigenvalue weighted by atomic mass is 9.85. The van der Waals surface area contributed by atoms with Gasteiger partial charge in [-0.3, -0.25) is 9.69 Å². The highest BCUT2D eigenvalue weighted by atomic mass is 16.7. The summed E-state index contributed by atoms with van der Waals surface area (Å²) >= 11 is 0. The summed E-state index contributed by atoms with van der Waals surface area (Å²) in [7, 11) is 1.47. The third-order valence-electron chi connectivity index (χ3n) is 7.60. The first-order valence-electron chi connectivity index (χ1n) is 13.3. The molecule has 0 radical (unpaired) electrons. The van der Waals surface area contributed by atoms with E-state index in [1.54, 1.807) is 18.2 Å². The van der Waals surface area contributed by atoms with Crippen LogP contribution in [0, 0.1) is 0 Å². The lowest BCUT2D eigenvalue weighted by molar-refractivity contribution is -0.123. The molecule has 2 aromatic heterocycles. The van der Waals surface area contributed by atoms with Gasteiger partial charge in [-0.1, -0.05) is 42.5 Å². The van der Waals surface area contributed by atoms with E-state index >= 15 is 0 Å². The minimum absolute atomic E-state index is 0.0218. The summed E-state index contributed by atoms with van der Waals surface area (Å²) in [5.74, 6) is -0.0344. The first-order valence-corrected chi connectivity index (χ1v) is 13.3. The van der Waals surface area contributed by atoms with E-state index in [2.05, 4.69) is 19.9 Å². The summed E-state index contributed by atoms with van der Waals surface area (Å²) in [6.07, 6.45) is 1.98. The number of amides is 3. The molecule has 0 aliphatic carbocycles. The molecule has 214 valence electrons. The van der Waals surface area contributed by atoms with Crippen LogP contribution in [0.1, 0.15) is 18.5 Å². The Kier molecular flexibility index (Phi) is 7.00. The summed E-state index contributed by atoms with van der Waals surface area (Å²) in [6.45, 7) is 1.17. The fraction of sp³-hybridized carbons (Fsp3) is 0.241. The number of H-pyrrole nitrogens is 1. The number of aromatic amines is 1. The van der Waals surface area contributed by atoms with Crippen LogP contribution in [0.2, 0.25) is 0 Å². The Labute approximate surface area is 240 Å². The van der Waals surface area contributed by atoms with Crippen molar-refractivity contribution in [2.75, 3.05) is 30.0 Å².